The van der Waals surface area contributed by atoms with Crippen molar-refractivity contribution >= 4 is 5.91 Å². The molecular formula is C14H20N2O3. The maximum atomic E-state index is 12.2. The van der Waals surface area contributed by atoms with Gasteiger partial charge in [0.2, 0.25) is 5.91 Å². The summed E-state index contributed by atoms with van der Waals surface area (Å²) >= 11 is 0. The first-order chi connectivity index (χ1) is 9.12. The Kier molecular flexibility index (Phi) is 4.39. The monoisotopic (exact) mass is 264 g/mol. The van der Waals surface area contributed by atoms with Crippen LogP contribution >= 0.6 is 0 Å². The van der Waals surface area contributed by atoms with E-state index in [0.717, 1.165) is 5.75 Å². The van der Waals surface area contributed by atoms with Crippen LogP contribution in [0.5, 0.6) is 5.75 Å². The minimum Gasteiger partial charge on any atom is -0.492 e. The van der Waals surface area contributed by atoms with E-state index in [-0.39, 0.29) is 5.91 Å². The van der Waals surface area contributed by atoms with E-state index >= 15 is 0 Å². The summed E-state index contributed by atoms with van der Waals surface area (Å²) < 4.78 is 10.8. The van der Waals surface area contributed by atoms with Crippen molar-refractivity contribution in [3.05, 3.63) is 30.3 Å². The zero-order valence-electron chi connectivity index (χ0n) is 11.2. The highest BCUT2D eigenvalue weighted by atomic mass is 16.5. The fraction of sp³-hybridized carbons (Fsp3) is 0.500. The van der Waals surface area contributed by atoms with Crippen molar-refractivity contribution in [2.24, 2.45) is 5.73 Å². The first-order valence-corrected chi connectivity index (χ1v) is 6.42. The summed E-state index contributed by atoms with van der Waals surface area (Å²) in [7, 11) is 1.74. The highest BCUT2D eigenvalue weighted by Gasteiger charge is 2.39. The highest BCUT2D eigenvalue weighted by molar-refractivity contribution is 5.86. The summed E-state index contributed by atoms with van der Waals surface area (Å²) in [5.74, 6) is 0.719. The maximum Gasteiger partial charge on any atom is 0.245 e. The average Bonchev–Trinajstić information content (AvgIpc) is 2.87. The summed E-state index contributed by atoms with van der Waals surface area (Å²) in [5.41, 5.74) is 5.17. The summed E-state index contributed by atoms with van der Waals surface area (Å²) in [5, 5.41) is 0. The van der Waals surface area contributed by atoms with E-state index in [1.165, 1.54) is 0 Å². The van der Waals surface area contributed by atoms with Crippen molar-refractivity contribution < 1.29 is 14.3 Å². The fourth-order valence-electron chi connectivity index (χ4n) is 2.05. The molecule has 1 aromatic rings. The second-order valence-electron chi connectivity index (χ2n) is 4.85. The molecule has 0 spiro atoms. The van der Waals surface area contributed by atoms with E-state index in [2.05, 4.69) is 0 Å². The Hall–Kier alpha value is -1.59. The topological polar surface area (TPSA) is 64.8 Å². The summed E-state index contributed by atoms with van der Waals surface area (Å²) in [6.07, 6.45) is 0.579. The number of hydrogen-bond donors (Lipinski definition) is 1. The molecule has 0 radical (unpaired) electrons. The molecule has 1 amide bonds. The molecule has 1 atom stereocenters. The molecule has 0 aromatic heterocycles. The zero-order chi connectivity index (χ0) is 13.7. The molecule has 19 heavy (non-hydrogen) atoms. The molecule has 1 aliphatic rings. The molecule has 1 aromatic carbocycles. The van der Waals surface area contributed by atoms with Crippen LogP contribution in [0.15, 0.2) is 30.3 Å². The van der Waals surface area contributed by atoms with Gasteiger partial charge in [-0.15, -0.1) is 0 Å². The Morgan fingerprint density at radius 3 is 2.84 bits per heavy atom. The van der Waals surface area contributed by atoms with Crippen molar-refractivity contribution in [1.82, 2.24) is 4.90 Å². The summed E-state index contributed by atoms with van der Waals surface area (Å²) in [6.45, 7) is 1.81. The van der Waals surface area contributed by atoms with Crippen LogP contribution in [-0.4, -0.2) is 49.8 Å². The summed E-state index contributed by atoms with van der Waals surface area (Å²) in [4.78, 5) is 13.8. The second kappa shape index (κ2) is 6.04. The molecule has 0 bridgehead atoms. The van der Waals surface area contributed by atoms with Gasteiger partial charge in [-0.05, 0) is 18.6 Å². The largest absolute Gasteiger partial charge is 0.492 e. The van der Waals surface area contributed by atoms with E-state index in [0.29, 0.717) is 32.8 Å². The third kappa shape index (κ3) is 3.45. The van der Waals surface area contributed by atoms with Gasteiger partial charge in [0.1, 0.15) is 17.9 Å². The predicted octanol–water partition coefficient (Wildman–Crippen LogP) is 0.642. The SMILES string of the molecule is CN(CCOc1ccccc1)C(=O)C1(N)CCOC1. The number of nitrogens with zero attached hydrogens (tertiary/aromatic N) is 1. The van der Waals surface area contributed by atoms with Gasteiger partial charge in [-0.2, -0.15) is 0 Å². The molecule has 0 saturated carbocycles. The van der Waals surface area contributed by atoms with Gasteiger partial charge in [0.05, 0.1) is 13.2 Å². The Morgan fingerprint density at radius 2 is 2.21 bits per heavy atom. The van der Waals surface area contributed by atoms with E-state index < -0.39 is 5.54 Å². The molecule has 1 saturated heterocycles. The minimum atomic E-state index is -0.860. The number of nitrogens with two attached hydrogens (primary N) is 1. The minimum absolute atomic E-state index is 0.0818. The normalized spacial score (nSPS) is 22.2. The standard InChI is InChI=1S/C14H20N2O3/c1-16(13(17)14(15)7-9-18-11-14)8-10-19-12-5-3-2-4-6-12/h2-6H,7-11,15H2,1H3. The molecule has 1 aliphatic heterocycles. The van der Waals surface area contributed by atoms with Gasteiger partial charge < -0.3 is 20.1 Å². The molecule has 2 N–H and O–H groups in total. The van der Waals surface area contributed by atoms with Gasteiger partial charge in [-0.3, -0.25) is 4.79 Å². The zero-order valence-corrected chi connectivity index (χ0v) is 11.2. The third-order valence-electron chi connectivity index (χ3n) is 3.26. The van der Waals surface area contributed by atoms with Crippen LogP contribution in [0.25, 0.3) is 0 Å². The van der Waals surface area contributed by atoms with Crippen LogP contribution in [0.4, 0.5) is 0 Å². The Morgan fingerprint density at radius 1 is 1.47 bits per heavy atom. The third-order valence-corrected chi connectivity index (χ3v) is 3.26. The number of rotatable bonds is 5. The molecule has 104 valence electrons. The van der Waals surface area contributed by atoms with Gasteiger partial charge >= 0.3 is 0 Å². The van der Waals surface area contributed by atoms with E-state index in [4.69, 9.17) is 15.2 Å². The molecule has 5 heteroatoms. The predicted molar refractivity (Wildman–Crippen MR) is 71.9 cm³/mol. The van der Waals surface area contributed by atoms with Gasteiger partial charge in [0.15, 0.2) is 0 Å². The molecular weight excluding hydrogens is 244 g/mol. The van der Waals surface area contributed by atoms with E-state index in [9.17, 15) is 4.79 Å². The highest BCUT2D eigenvalue weighted by Crippen LogP contribution is 2.17. The average molecular weight is 264 g/mol. The number of ether oxygens (including phenoxy) is 2. The van der Waals surface area contributed by atoms with Crippen LogP contribution in [0, 0.1) is 0 Å². The van der Waals surface area contributed by atoms with Gasteiger partial charge in [-0.1, -0.05) is 18.2 Å². The first-order valence-electron chi connectivity index (χ1n) is 6.42. The second-order valence-corrected chi connectivity index (χ2v) is 4.85. The van der Waals surface area contributed by atoms with Crippen LogP contribution in [0.2, 0.25) is 0 Å². The number of hydrogen-bond acceptors (Lipinski definition) is 4. The lowest BCUT2D eigenvalue weighted by atomic mass is 9.99. The molecule has 1 unspecified atom stereocenters. The number of amides is 1. The Balaban J connectivity index is 1.78. The van der Waals surface area contributed by atoms with Crippen molar-refractivity contribution in [3.8, 4) is 5.75 Å². The lowest BCUT2D eigenvalue weighted by Crippen LogP contribution is -2.55. The summed E-state index contributed by atoms with van der Waals surface area (Å²) in [6, 6.07) is 9.53. The van der Waals surface area contributed by atoms with Crippen molar-refractivity contribution in [2.75, 3.05) is 33.4 Å². The Bertz CT molecular complexity index is 416. The van der Waals surface area contributed by atoms with Crippen molar-refractivity contribution in [3.63, 3.8) is 0 Å². The van der Waals surface area contributed by atoms with Gasteiger partial charge in [0.25, 0.3) is 0 Å². The Labute approximate surface area is 113 Å². The number of likely N-dealkylation sites (N-methyl/N-ethyl adjacent to an activating group) is 1. The van der Waals surface area contributed by atoms with Gasteiger partial charge in [0, 0.05) is 13.7 Å². The number of para-hydroxylation sites is 1. The number of carbonyl (C=O) groups is 1. The van der Waals surface area contributed by atoms with Crippen molar-refractivity contribution in [2.45, 2.75) is 12.0 Å². The van der Waals surface area contributed by atoms with E-state index in [1.54, 1.807) is 11.9 Å². The number of carbonyl (C=O) groups excluding carboxylic acids is 1. The molecule has 1 fully saturated rings. The molecule has 1 heterocycles. The lowest BCUT2D eigenvalue weighted by Gasteiger charge is -2.27. The lowest BCUT2D eigenvalue weighted by molar-refractivity contribution is -0.136. The smallest absolute Gasteiger partial charge is 0.245 e. The quantitative estimate of drug-likeness (QED) is 0.847. The van der Waals surface area contributed by atoms with Crippen LogP contribution in [-0.2, 0) is 9.53 Å². The number of benzene rings is 1. The van der Waals surface area contributed by atoms with E-state index in [1.807, 2.05) is 30.3 Å². The van der Waals surface area contributed by atoms with Crippen LogP contribution < -0.4 is 10.5 Å². The van der Waals surface area contributed by atoms with Gasteiger partial charge in [-0.25, -0.2) is 0 Å². The van der Waals surface area contributed by atoms with Crippen LogP contribution in [0.1, 0.15) is 6.42 Å². The van der Waals surface area contributed by atoms with Crippen LogP contribution in [0.3, 0.4) is 0 Å². The first kappa shape index (κ1) is 13.8. The maximum absolute atomic E-state index is 12.2. The van der Waals surface area contributed by atoms with Crippen molar-refractivity contribution in [1.29, 1.82) is 0 Å². The molecule has 2 rings (SSSR count). The fourth-order valence-corrected chi connectivity index (χ4v) is 2.05. The molecule has 0 aliphatic carbocycles. The molecule has 5 nitrogen and oxygen atoms in total.